The predicted octanol–water partition coefficient (Wildman–Crippen LogP) is 7.25. The van der Waals surface area contributed by atoms with E-state index in [0.29, 0.717) is 42.0 Å². The number of para-hydroxylation sites is 1. The van der Waals surface area contributed by atoms with E-state index >= 15 is 0 Å². The second-order valence-corrected chi connectivity index (χ2v) is 13.0. The molecule has 10 nitrogen and oxygen atoms in total. The van der Waals surface area contributed by atoms with Gasteiger partial charge < -0.3 is 33.2 Å². The van der Waals surface area contributed by atoms with Crippen LogP contribution >= 0.6 is 11.3 Å². The number of aromatic nitrogens is 1. The number of hydrogen-bond acceptors (Lipinski definition) is 11. The van der Waals surface area contributed by atoms with Crippen molar-refractivity contribution in [2.45, 2.75) is 0 Å². The standard InChI is InChI=1S/C40H45N3O7S/c1-44-32-14-12-28(10-11-29-25-36(46-3)39(48-5)37(26-29)47-4)24-34(32)49-22-20-42-16-18-43(19-17-42)21-23-50-35-27-30(13-15-33(35)45-2)40-41-31-8-6-7-9-38(31)51-40/h6-15,24-27H,16-23H2,1-5H3/b11-10-. The summed E-state index contributed by atoms with van der Waals surface area (Å²) in [5, 5.41) is 0.972. The number of benzene rings is 4. The third-order valence-corrected chi connectivity index (χ3v) is 9.93. The zero-order valence-corrected chi connectivity index (χ0v) is 30.7. The Kier molecular flexibility index (Phi) is 12.2. The van der Waals surface area contributed by atoms with Gasteiger partial charge in [0.2, 0.25) is 5.75 Å². The van der Waals surface area contributed by atoms with E-state index in [1.807, 2.05) is 78.9 Å². The summed E-state index contributed by atoms with van der Waals surface area (Å²) in [5.41, 5.74) is 3.94. The molecular formula is C40H45N3O7S. The lowest BCUT2D eigenvalue weighted by Gasteiger charge is -2.34. The number of thiazole rings is 1. The molecule has 0 saturated carbocycles. The lowest BCUT2D eigenvalue weighted by Crippen LogP contribution is -2.48. The van der Waals surface area contributed by atoms with Gasteiger partial charge in [0, 0.05) is 44.8 Å². The summed E-state index contributed by atoms with van der Waals surface area (Å²) in [7, 11) is 8.15. The average molecular weight is 712 g/mol. The first-order chi connectivity index (χ1) is 25.0. The maximum Gasteiger partial charge on any atom is 0.203 e. The van der Waals surface area contributed by atoms with Crippen molar-refractivity contribution in [1.82, 2.24) is 14.8 Å². The molecule has 51 heavy (non-hydrogen) atoms. The SMILES string of the molecule is COc1ccc(/C=C\c2cc(OC)c(OC)c(OC)c2)cc1OCCN1CCN(CCOc2cc(-c3nc4ccccc4s3)ccc2OC)CC1. The van der Waals surface area contributed by atoms with Gasteiger partial charge in [-0.3, -0.25) is 9.80 Å². The van der Waals surface area contributed by atoms with E-state index < -0.39 is 0 Å². The fourth-order valence-electron chi connectivity index (χ4n) is 6.02. The smallest absolute Gasteiger partial charge is 0.203 e. The van der Waals surface area contributed by atoms with E-state index in [4.69, 9.17) is 38.1 Å². The Morgan fingerprint density at radius 1 is 0.588 bits per heavy atom. The monoisotopic (exact) mass is 711 g/mol. The van der Waals surface area contributed by atoms with Crippen LogP contribution in [0.3, 0.4) is 0 Å². The van der Waals surface area contributed by atoms with E-state index in [0.717, 1.165) is 78.0 Å². The summed E-state index contributed by atoms with van der Waals surface area (Å²) < 4.78 is 41.3. The molecule has 0 unspecified atom stereocenters. The van der Waals surface area contributed by atoms with Gasteiger partial charge in [-0.25, -0.2) is 4.98 Å². The molecule has 0 bridgehead atoms. The summed E-state index contributed by atoms with van der Waals surface area (Å²) in [6.07, 6.45) is 4.02. The lowest BCUT2D eigenvalue weighted by atomic mass is 10.1. The lowest BCUT2D eigenvalue weighted by molar-refractivity contribution is 0.104. The first kappa shape index (κ1) is 35.8. The molecule has 0 spiro atoms. The average Bonchev–Trinajstić information content (AvgIpc) is 3.62. The highest BCUT2D eigenvalue weighted by molar-refractivity contribution is 7.21. The minimum atomic E-state index is 0.560. The summed E-state index contributed by atoms with van der Waals surface area (Å²) >= 11 is 1.68. The second kappa shape index (κ2) is 17.3. The van der Waals surface area contributed by atoms with Crippen molar-refractivity contribution in [2.75, 3.05) is 88.0 Å². The van der Waals surface area contributed by atoms with Crippen molar-refractivity contribution in [3.05, 3.63) is 83.9 Å². The Balaban J connectivity index is 0.971. The number of rotatable bonds is 16. The molecule has 0 amide bonds. The van der Waals surface area contributed by atoms with Gasteiger partial charge in [-0.1, -0.05) is 30.4 Å². The van der Waals surface area contributed by atoms with Crippen molar-refractivity contribution < 1.29 is 33.2 Å². The van der Waals surface area contributed by atoms with Crippen molar-refractivity contribution in [2.24, 2.45) is 0 Å². The van der Waals surface area contributed by atoms with Crippen LogP contribution in [0.5, 0.6) is 40.2 Å². The largest absolute Gasteiger partial charge is 0.493 e. The Hall–Kier alpha value is -4.97. The molecule has 1 aromatic heterocycles. The Labute approximate surface area is 303 Å². The number of piperazine rings is 1. The van der Waals surface area contributed by atoms with Crippen molar-refractivity contribution in [3.8, 4) is 50.8 Å². The highest BCUT2D eigenvalue weighted by atomic mass is 32.1. The summed E-state index contributed by atoms with van der Waals surface area (Å²) in [5.74, 6) is 4.64. The first-order valence-corrected chi connectivity index (χ1v) is 17.7. The van der Waals surface area contributed by atoms with Crippen LogP contribution in [0.4, 0.5) is 0 Å². The van der Waals surface area contributed by atoms with E-state index in [1.54, 1.807) is 46.9 Å². The summed E-state index contributed by atoms with van der Waals surface area (Å²) in [6, 6.07) is 24.0. The number of methoxy groups -OCH3 is 5. The van der Waals surface area contributed by atoms with Crippen LogP contribution in [0.25, 0.3) is 32.9 Å². The molecule has 4 aromatic carbocycles. The minimum Gasteiger partial charge on any atom is -0.493 e. The van der Waals surface area contributed by atoms with Gasteiger partial charge in [-0.2, -0.15) is 0 Å². The van der Waals surface area contributed by atoms with Gasteiger partial charge in [0.05, 0.1) is 45.8 Å². The molecule has 0 aliphatic carbocycles. The highest BCUT2D eigenvalue weighted by Crippen LogP contribution is 2.39. The molecule has 0 atom stereocenters. The summed E-state index contributed by atoms with van der Waals surface area (Å²) in [6.45, 7) is 6.68. The van der Waals surface area contributed by atoms with Crippen molar-refractivity contribution >= 4 is 33.7 Å². The molecular weight excluding hydrogens is 667 g/mol. The number of fused-ring (bicyclic) bond motifs is 1. The van der Waals surface area contributed by atoms with Gasteiger partial charge in [0.25, 0.3) is 0 Å². The highest BCUT2D eigenvalue weighted by Gasteiger charge is 2.18. The first-order valence-electron chi connectivity index (χ1n) is 16.9. The zero-order chi connectivity index (χ0) is 35.6. The van der Waals surface area contributed by atoms with Crippen LogP contribution in [0.2, 0.25) is 0 Å². The molecule has 1 fully saturated rings. The van der Waals surface area contributed by atoms with E-state index in [2.05, 4.69) is 15.9 Å². The van der Waals surface area contributed by atoms with Crippen LogP contribution in [0.1, 0.15) is 11.1 Å². The predicted molar refractivity (Wildman–Crippen MR) is 203 cm³/mol. The fraction of sp³-hybridized carbons (Fsp3) is 0.325. The van der Waals surface area contributed by atoms with Crippen LogP contribution in [-0.4, -0.2) is 103 Å². The molecule has 11 heteroatoms. The molecule has 0 radical (unpaired) electrons. The number of nitrogens with zero attached hydrogens (tertiary/aromatic N) is 3. The van der Waals surface area contributed by atoms with Crippen molar-refractivity contribution in [3.63, 3.8) is 0 Å². The topological polar surface area (TPSA) is 84.0 Å². The Morgan fingerprint density at radius 3 is 1.73 bits per heavy atom. The zero-order valence-electron chi connectivity index (χ0n) is 29.8. The normalized spacial score (nSPS) is 13.7. The molecule has 1 aliphatic heterocycles. The molecule has 1 aliphatic rings. The van der Waals surface area contributed by atoms with Gasteiger partial charge >= 0.3 is 0 Å². The molecule has 1 saturated heterocycles. The Bertz CT molecular complexity index is 1880. The Morgan fingerprint density at radius 2 is 1.14 bits per heavy atom. The van der Waals surface area contributed by atoms with Gasteiger partial charge in [0.15, 0.2) is 34.5 Å². The number of hydrogen-bond donors (Lipinski definition) is 0. The second-order valence-electron chi connectivity index (χ2n) is 11.9. The maximum atomic E-state index is 6.26. The van der Waals surface area contributed by atoms with E-state index in [1.165, 1.54) is 4.70 Å². The van der Waals surface area contributed by atoms with Gasteiger partial charge in [0.1, 0.15) is 18.2 Å². The summed E-state index contributed by atoms with van der Waals surface area (Å²) in [4.78, 5) is 9.68. The molecule has 0 N–H and O–H groups in total. The van der Waals surface area contributed by atoms with E-state index in [-0.39, 0.29) is 0 Å². The molecule has 2 heterocycles. The fourth-order valence-corrected chi connectivity index (χ4v) is 6.99. The van der Waals surface area contributed by atoms with Gasteiger partial charge in [-0.05, 0) is 65.7 Å². The minimum absolute atomic E-state index is 0.560. The van der Waals surface area contributed by atoms with Gasteiger partial charge in [-0.15, -0.1) is 11.3 Å². The quantitative estimate of drug-likeness (QED) is 0.0977. The van der Waals surface area contributed by atoms with E-state index in [9.17, 15) is 0 Å². The van der Waals surface area contributed by atoms with Crippen LogP contribution in [0.15, 0.2) is 72.8 Å². The van der Waals surface area contributed by atoms with Crippen LogP contribution in [-0.2, 0) is 0 Å². The van der Waals surface area contributed by atoms with Crippen molar-refractivity contribution in [1.29, 1.82) is 0 Å². The third-order valence-electron chi connectivity index (χ3n) is 8.84. The van der Waals surface area contributed by atoms with Crippen LogP contribution in [0, 0.1) is 0 Å². The molecule has 268 valence electrons. The number of ether oxygens (including phenoxy) is 7. The van der Waals surface area contributed by atoms with Crippen LogP contribution < -0.4 is 33.2 Å². The third kappa shape index (κ3) is 8.86. The molecule has 6 rings (SSSR count). The molecule has 5 aromatic rings. The maximum absolute atomic E-state index is 6.26.